The molecule has 0 heterocycles. The van der Waals surface area contributed by atoms with Crippen molar-refractivity contribution < 1.29 is 0 Å². The van der Waals surface area contributed by atoms with Crippen LogP contribution in [0.2, 0.25) is 0 Å². The molecule has 1 aromatic rings. The van der Waals surface area contributed by atoms with Gasteiger partial charge in [-0.1, -0.05) is 41.4 Å². The lowest BCUT2D eigenvalue weighted by Gasteiger charge is -2.37. The third-order valence-corrected chi connectivity index (χ3v) is 4.81. The van der Waals surface area contributed by atoms with Crippen molar-refractivity contribution >= 4 is 15.9 Å². The van der Waals surface area contributed by atoms with E-state index in [4.69, 9.17) is 5.73 Å². The van der Waals surface area contributed by atoms with Crippen molar-refractivity contribution in [1.29, 1.82) is 0 Å². The number of halogens is 1. The minimum atomic E-state index is 0.194. The van der Waals surface area contributed by atoms with Gasteiger partial charge in [-0.3, -0.25) is 4.90 Å². The summed E-state index contributed by atoms with van der Waals surface area (Å²) in [5.41, 5.74) is 7.70. The third kappa shape index (κ3) is 3.80. The van der Waals surface area contributed by atoms with E-state index in [0.29, 0.717) is 6.04 Å². The van der Waals surface area contributed by atoms with Crippen LogP contribution in [0.25, 0.3) is 0 Å². The molecule has 0 amide bonds. The van der Waals surface area contributed by atoms with Crippen molar-refractivity contribution in [3.8, 4) is 0 Å². The van der Waals surface area contributed by atoms with E-state index in [0.717, 1.165) is 16.8 Å². The van der Waals surface area contributed by atoms with Crippen LogP contribution in [-0.4, -0.2) is 24.5 Å². The smallest absolute Gasteiger partial charge is 0.0496 e. The third-order valence-electron chi connectivity index (χ3n) is 4.31. The summed E-state index contributed by atoms with van der Waals surface area (Å²) in [6.45, 7) is 3.34. The normalized spacial score (nSPS) is 19.2. The van der Waals surface area contributed by atoms with Crippen molar-refractivity contribution in [2.24, 2.45) is 11.7 Å². The lowest BCUT2D eigenvalue weighted by atomic mass is 9.84. The molecule has 1 aliphatic carbocycles. The number of nitrogens with two attached hydrogens (primary N) is 1. The molecule has 1 saturated carbocycles. The highest BCUT2D eigenvalue weighted by atomic mass is 79.9. The van der Waals surface area contributed by atoms with Crippen molar-refractivity contribution in [1.82, 2.24) is 4.90 Å². The van der Waals surface area contributed by atoms with Gasteiger partial charge in [0.25, 0.3) is 0 Å². The molecular formula is C16H25BrN2. The van der Waals surface area contributed by atoms with Crippen LogP contribution in [0.4, 0.5) is 0 Å². The lowest BCUT2D eigenvalue weighted by molar-refractivity contribution is 0.144. The first-order valence-electron chi connectivity index (χ1n) is 7.33. The van der Waals surface area contributed by atoms with E-state index < -0.39 is 0 Å². The molecule has 0 radical (unpaired) electrons. The lowest BCUT2D eigenvalue weighted by Crippen LogP contribution is -2.41. The second-order valence-electron chi connectivity index (χ2n) is 5.81. The fraction of sp³-hybridized carbons (Fsp3) is 0.625. The van der Waals surface area contributed by atoms with Gasteiger partial charge in [-0.15, -0.1) is 0 Å². The molecule has 106 valence electrons. The summed E-state index contributed by atoms with van der Waals surface area (Å²) in [6.07, 6.45) is 5.18. The molecule has 0 bridgehead atoms. The van der Waals surface area contributed by atoms with Crippen molar-refractivity contribution in [2.75, 3.05) is 13.6 Å². The molecule has 2 nitrogen and oxygen atoms in total. The van der Waals surface area contributed by atoms with Crippen LogP contribution < -0.4 is 5.73 Å². The maximum atomic E-state index is 6.38. The molecule has 0 aliphatic heterocycles. The Morgan fingerprint density at radius 1 is 1.42 bits per heavy atom. The maximum Gasteiger partial charge on any atom is 0.0496 e. The van der Waals surface area contributed by atoms with Crippen molar-refractivity contribution in [3.63, 3.8) is 0 Å². The first-order chi connectivity index (χ1) is 9.11. The first kappa shape index (κ1) is 15.0. The summed E-state index contributed by atoms with van der Waals surface area (Å²) in [6, 6.07) is 9.10. The van der Waals surface area contributed by atoms with E-state index in [2.05, 4.69) is 59.1 Å². The van der Waals surface area contributed by atoms with Gasteiger partial charge in [0.15, 0.2) is 0 Å². The van der Waals surface area contributed by atoms with E-state index in [1.807, 2.05) is 0 Å². The van der Waals surface area contributed by atoms with Gasteiger partial charge in [-0.25, -0.2) is 0 Å². The molecule has 3 heteroatoms. The number of rotatable bonds is 6. The van der Waals surface area contributed by atoms with Gasteiger partial charge in [0.05, 0.1) is 0 Å². The fourth-order valence-electron chi connectivity index (χ4n) is 2.94. The highest BCUT2D eigenvalue weighted by Gasteiger charge is 2.27. The van der Waals surface area contributed by atoms with E-state index in [1.54, 1.807) is 0 Å². The average Bonchev–Trinajstić information content (AvgIpc) is 2.34. The summed E-state index contributed by atoms with van der Waals surface area (Å²) in [5.74, 6) is 0.878. The van der Waals surface area contributed by atoms with E-state index >= 15 is 0 Å². The summed E-state index contributed by atoms with van der Waals surface area (Å²) in [4.78, 5) is 2.46. The summed E-state index contributed by atoms with van der Waals surface area (Å²) < 4.78 is 1.13. The van der Waals surface area contributed by atoms with Gasteiger partial charge in [-0.2, -0.15) is 0 Å². The summed E-state index contributed by atoms with van der Waals surface area (Å²) >= 11 is 3.57. The van der Waals surface area contributed by atoms with E-state index in [9.17, 15) is 0 Å². The van der Waals surface area contributed by atoms with E-state index in [1.165, 1.54) is 31.4 Å². The molecule has 0 aromatic heterocycles. The van der Waals surface area contributed by atoms with Gasteiger partial charge < -0.3 is 5.73 Å². The van der Waals surface area contributed by atoms with E-state index in [-0.39, 0.29) is 6.04 Å². The standard InChI is InChI=1S/C16H25BrN2/c1-3-15(18)16(13-8-5-9-14(17)10-13)19(2)11-12-6-4-7-12/h5,8-10,12,15-16H,3-4,6-7,11,18H2,1-2H3. The molecular weight excluding hydrogens is 300 g/mol. The predicted molar refractivity (Wildman–Crippen MR) is 85.1 cm³/mol. The number of hydrogen-bond donors (Lipinski definition) is 1. The molecule has 0 saturated heterocycles. The molecule has 1 aromatic carbocycles. The SMILES string of the molecule is CCC(N)C(c1cccc(Br)c1)N(C)CC1CCC1. The number of benzene rings is 1. The Bertz CT molecular complexity index is 403. The molecule has 2 rings (SSSR count). The topological polar surface area (TPSA) is 29.3 Å². The largest absolute Gasteiger partial charge is 0.326 e. The average molecular weight is 325 g/mol. The Morgan fingerprint density at radius 2 is 2.16 bits per heavy atom. The molecule has 2 N–H and O–H groups in total. The van der Waals surface area contributed by atoms with Crippen LogP contribution >= 0.6 is 15.9 Å². The molecule has 2 unspecified atom stereocenters. The Labute approximate surface area is 125 Å². The van der Waals surface area contributed by atoms with Gasteiger partial charge in [-0.05, 0) is 49.9 Å². The Morgan fingerprint density at radius 3 is 2.68 bits per heavy atom. The number of nitrogens with zero attached hydrogens (tertiary/aromatic N) is 1. The first-order valence-corrected chi connectivity index (χ1v) is 8.12. The molecule has 19 heavy (non-hydrogen) atoms. The Kier molecular flexibility index (Phi) is 5.43. The molecule has 1 aliphatic rings. The monoisotopic (exact) mass is 324 g/mol. The summed E-state index contributed by atoms with van der Waals surface area (Å²) in [7, 11) is 2.22. The van der Waals surface area contributed by atoms with Gasteiger partial charge in [0, 0.05) is 23.1 Å². The second-order valence-corrected chi connectivity index (χ2v) is 6.72. The zero-order chi connectivity index (χ0) is 13.8. The van der Waals surface area contributed by atoms with Crippen LogP contribution in [0.3, 0.4) is 0 Å². The van der Waals surface area contributed by atoms with Crippen LogP contribution in [0, 0.1) is 5.92 Å². The minimum Gasteiger partial charge on any atom is -0.326 e. The van der Waals surface area contributed by atoms with Gasteiger partial charge >= 0.3 is 0 Å². The van der Waals surface area contributed by atoms with Crippen molar-refractivity contribution in [2.45, 2.75) is 44.7 Å². The highest BCUT2D eigenvalue weighted by Crippen LogP contribution is 2.32. The molecule has 0 spiro atoms. The number of hydrogen-bond acceptors (Lipinski definition) is 2. The highest BCUT2D eigenvalue weighted by molar-refractivity contribution is 9.10. The van der Waals surface area contributed by atoms with Gasteiger partial charge in [0.2, 0.25) is 0 Å². The molecule has 1 fully saturated rings. The van der Waals surface area contributed by atoms with Crippen LogP contribution in [0.15, 0.2) is 28.7 Å². The Hall–Kier alpha value is -0.380. The maximum absolute atomic E-state index is 6.38. The van der Waals surface area contributed by atoms with Crippen LogP contribution in [-0.2, 0) is 0 Å². The van der Waals surface area contributed by atoms with Crippen LogP contribution in [0.1, 0.15) is 44.2 Å². The fourth-order valence-corrected chi connectivity index (χ4v) is 3.36. The second kappa shape index (κ2) is 6.87. The zero-order valence-corrected chi connectivity index (χ0v) is 13.6. The molecule has 2 atom stereocenters. The van der Waals surface area contributed by atoms with Gasteiger partial charge in [0.1, 0.15) is 0 Å². The van der Waals surface area contributed by atoms with Crippen LogP contribution in [0.5, 0.6) is 0 Å². The number of likely N-dealkylation sites (N-methyl/N-ethyl adjacent to an activating group) is 1. The predicted octanol–water partition coefficient (Wildman–Crippen LogP) is 3.96. The zero-order valence-electron chi connectivity index (χ0n) is 12.0. The minimum absolute atomic E-state index is 0.194. The quantitative estimate of drug-likeness (QED) is 0.858. The Balaban J connectivity index is 2.14. The van der Waals surface area contributed by atoms with Crippen molar-refractivity contribution in [3.05, 3.63) is 34.3 Å². The summed E-state index contributed by atoms with van der Waals surface area (Å²) in [5, 5.41) is 0.